The Balaban J connectivity index is 1.86. The van der Waals surface area contributed by atoms with Crippen molar-refractivity contribution in [3.63, 3.8) is 0 Å². The van der Waals surface area contributed by atoms with Crippen LogP contribution in [0.5, 0.6) is 0 Å². The monoisotopic (exact) mass is 331 g/mol. The number of likely N-dealkylation sites (tertiary alicyclic amines) is 1. The summed E-state index contributed by atoms with van der Waals surface area (Å²) in [5.41, 5.74) is 1.85. The Hall–Kier alpha value is -1.55. The van der Waals surface area contributed by atoms with E-state index < -0.39 is 5.60 Å². The second kappa shape index (κ2) is 6.40. The lowest BCUT2D eigenvalue weighted by atomic mass is 9.81. The van der Waals surface area contributed by atoms with Gasteiger partial charge in [-0.1, -0.05) is 29.8 Å². The predicted octanol–water partition coefficient (Wildman–Crippen LogP) is 4.62. The number of amides is 1. The fourth-order valence-corrected chi connectivity index (χ4v) is 3.78. The van der Waals surface area contributed by atoms with E-state index in [1.165, 1.54) is 11.1 Å². The van der Waals surface area contributed by atoms with Gasteiger partial charge < -0.3 is 14.4 Å². The standard InChI is InChI=1S/C20H29NO3/c1-15-6-8-16(9-7-15)17-14-20(10-5-13-23-20)11-12-21(17)18(22)24-19(2,3)4/h6-9,17H,5,10-14H2,1-4H3/t17-,20?/m0/s1. The number of hydrogen-bond acceptors (Lipinski definition) is 3. The molecular formula is C20H29NO3. The van der Waals surface area contributed by atoms with Crippen LogP contribution in [0.25, 0.3) is 0 Å². The SMILES string of the molecule is Cc1ccc([C@@H]2CC3(CCCO3)CCN2C(=O)OC(C)(C)C)cc1. The molecule has 3 rings (SSSR count). The van der Waals surface area contributed by atoms with Crippen LogP contribution in [0, 0.1) is 6.92 Å². The van der Waals surface area contributed by atoms with Crippen molar-refractivity contribution in [3.8, 4) is 0 Å². The maximum atomic E-state index is 12.7. The first-order valence-corrected chi connectivity index (χ1v) is 8.98. The predicted molar refractivity (Wildman–Crippen MR) is 94.0 cm³/mol. The Kier molecular flexibility index (Phi) is 4.60. The third-order valence-corrected chi connectivity index (χ3v) is 5.03. The molecule has 4 nitrogen and oxygen atoms in total. The Morgan fingerprint density at radius 3 is 2.54 bits per heavy atom. The van der Waals surface area contributed by atoms with Crippen molar-refractivity contribution in [3.05, 3.63) is 35.4 Å². The Bertz CT molecular complexity index is 582. The van der Waals surface area contributed by atoms with Crippen molar-refractivity contribution in [2.24, 2.45) is 0 Å². The normalized spacial score (nSPS) is 27.5. The number of carbonyl (C=O) groups is 1. The van der Waals surface area contributed by atoms with E-state index in [1.807, 2.05) is 25.7 Å². The number of hydrogen-bond donors (Lipinski definition) is 0. The first kappa shape index (κ1) is 17.3. The molecule has 1 aromatic carbocycles. The molecule has 2 aliphatic rings. The van der Waals surface area contributed by atoms with Gasteiger partial charge in [-0.2, -0.15) is 0 Å². The van der Waals surface area contributed by atoms with E-state index in [0.29, 0.717) is 6.54 Å². The second-order valence-electron chi connectivity index (χ2n) is 8.19. The highest BCUT2D eigenvalue weighted by molar-refractivity contribution is 5.69. The van der Waals surface area contributed by atoms with E-state index >= 15 is 0 Å². The summed E-state index contributed by atoms with van der Waals surface area (Å²) in [7, 11) is 0. The molecule has 1 spiro atoms. The van der Waals surface area contributed by atoms with Crippen molar-refractivity contribution in [1.29, 1.82) is 0 Å². The molecule has 2 heterocycles. The van der Waals surface area contributed by atoms with Crippen LogP contribution in [0.2, 0.25) is 0 Å². The average Bonchev–Trinajstić information content (AvgIpc) is 2.94. The van der Waals surface area contributed by atoms with Gasteiger partial charge in [0, 0.05) is 19.6 Å². The molecule has 1 amide bonds. The van der Waals surface area contributed by atoms with Crippen LogP contribution in [0.1, 0.15) is 63.6 Å². The molecule has 1 aromatic rings. The summed E-state index contributed by atoms with van der Waals surface area (Å²) in [4.78, 5) is 14.6. The van der Waals surface area contributed by atoms with E-state index in [0.717, 1.165) is 32.3 Å². The first-order valence-electron chi connectivity index (χ1n) is 8.98. The zero-order valence-electron chi connectivity index (χ0n) is 15.3. The summed E-state index contributed by atoms with van der Waals surface area (Å²) in [5.74, 6) is 0. The molecule has 2 saturated heterocycles. The fraction of sp³-hybridized carbons (Fsp3) is 0.650. The number of carbonyl (C=O) groups excluding carboxylic acids is 1. The molecule has 0 aromatic heterocycles. The lowest BCUT2D eigenvalue weighted by Gasteiger charge is -2.44. The minimum Gasteiger partial charge on any atom is -0.444 e. The average molecular weight is 331 g/mol. The molecule has 1 unspecified atom stereocenters. The number of rotatable bonds is 1. The third kappa shape index (κ3) is 3.75. The summed E-state index contributed by atoms with van der Waals surface area (Å²) in [6, 6.07) is 8.50. The van der Waals surface area contributed by atoms with Crippen LogP contribution in [0.4, 0.5) is 4.79 Å². The van der Waals surface area contributed by atoms with E-state index in [4.69, 9.17) is 9.47 Å². The zero-order chi connectivity index (χ0) is 17.4. The number of benzene rings is 1. The van der Waals surface area contributed by atoms with Gasteiger partial charge in [0.05, 0.1) is 11.6 Å². The topological polar surface area (TPSA) is 38.8 Å². The quantitative estimate of drug-likeness (QED) is 0.754. The lowest BCUT2D eigenvalue weighted by molar-refractivity contribution is -0.0689. The molecule has 0 saturated carbocycles. The number of piperidine rings is 1. The van der Waals surface area contributed by atoms with Crippen LogP contribution in [0.3, 0.4) is 0 Å². The third-order valence-electron chi connectivity index (χ3n) is 5.03. The molecule has 0 aliphatic carbocycles. The van der Waals surface area contributed by atoms with Gasteiger partial charge in [0.1, 0.15) is 5.60 Å². The molecule has 2 atom stereocenters. The number of aryl methyl sites for hydroxylation is 1. The molecular weight excluding hydrogens is 302 g/mol. The van der Waals surface area contributed by atoms with Gasteiger partial charge in [0.2, 0.25) is 0 Å². The highest BCUT2D eigenvalue weighted by Crippen LogP contribution is 2.44. The van der Waals surface area contributed by atoms with Crippen molar-refractivity contribution in [2.45, 2.75) is 70.6 Å². The molecule has 0 radical (unpaired) electrons. The van der Waals surface area contributed by atoms with Crippen molar-refractivity contribution >= 4 is 6.09 Å². The summed E-state index contributed by atoms with van der Waals surface area (Å²) < 4.78 is 11.8. The summed E-state index contributed by atoms with van der Waals surface area (Å²) in [6.07, 6.45) is 3.75. The van der Waals surface area contributed by atoms with Crippen molar-refractivity contribution in [2.75, 3.05) is 13.2 Å². The molecule has 2 fully saturated rings. The summed E-state index contributed by atoms with van der Waals surface area (Å²) in [5, 5.41) is 0. The summed E-state index contributed by atoms with van der Waals surface area (Å²) >= 11 is 0. The van der Waals surface area contributed by atoms with Crippen LogP contribution in [-0.4, -0.2) is 35.3 Å². The molecule has 4 heteroatoms. The first-order chi connectivity index (χ1) is 11.3. The minimum absolute atomic E-state index is 0.0206. The van der Waals surface area contributed by atoms with E-state index in [2.05, 4.69) is 31.2 Å². The number of ether oxygens (including phenoxy) is 2. The molecule has 0 N–H and O–H groups in total. The highest BCUT2D eigenvalue weighted by Gasteiger charge is 2.45. The molecule has 2 aliphatic heterocycles. The van der Waals surface area contributed by atoms with E-state index in [1.54, 1.807) is 0 Å². The van der Waals surface area contributed by atoms with E-state index in [9.17, 15) is 4.79 Å². The zero-order valence-corrected chi connectivity index (χ0v) is 15.3. The Labute approximate surface area is 145 Å². The van der Waals surface area contributed by atoms with Gasteiger partial charge in [-0.25, -0.2) is 4.79 Å². The maximum absolute atomic E-state index is 12.7. The Morgan fingerprint density at radius 1 is 1.25 bits per heavy atom. The highest BCUT2D eigenvalue weighted by atomic mass is 16.6. The van der Waals surface area contributed by atoms with Gasteiger partial charge in [-0.15, -0.1) is 0 Å². The lowest BCUT2D eigenvalue weighted by Crippen LogP contribution is -2.49. The minimum atomic E-state index is -0.478. The molecule has 132 valence electrons. The largest absolute Gasteiger partial charge is 0.444 e. The van der Waals surface area contributed by atoms with Crippen LogP contribution in [0.15, 0.2) is 24.3 Å². The fourth-order valence-electron chi connectivity index (χ4n) is 3.78. The smallest absolute Gasteiger partial charge is 0.410 e. The maximum Gasteiger partial charge on any atom is 0.410 e. The van der Waals surface area contributed by atoms with Gasteiger partial charge in [-0.3, -0.25) is 0 Å². The number of nitrogens with zero attached hydrogens (tertiary/aromatic N) is 1. The van der Waals surface area contributed by atoms with Gasteiger partial charge >= 0.3 is 6.09 Å². The van der Waals surface area contributed by atoms with Gasteiger partial charge in [0.15, 0.2) is 0 Å². The van der Waals surface area contributed by atoms with Crippen LogP contribution >= 0.6 is 0 Å². The summed E-state index contributed by atoms with van der Waals surface area (Å²) in [6.45, 7) is 9.35. The Morgan fingerprint density at radius 2 is 1.96 bits per heavy atom. The van der Waals surface area contributed by atoms with Crippen molar-refractivity contribution in [1.82, 2.24) is 4.90 Å². The molecule has 24 heavy (non-hydrogen) atoms. The van der Waals surface area contributed by atoms with Crippen LogP contribution < -0.4 is 0 Å². The van der Waals surface area contributed by atoms with Gasteiger partial charge in [0.25, 0.3) is 0 Å². The second-order valence-corrected chi connectivity index (χ2v) is 8.19. The van der Waals surface area contributed by atoms with E-state index in [-0.39, 0.29) is 17.7 Å². The van der Waals surface area contributed by atoms with Gasteiger partial charge in [-0.05, 0) is 52.5 Å². The van der Waals surface area contributed by atoms with Crippen molar-refractivity contribution < 1.29 is 14.3 Å². The molecule has 0 bridgehead atoms. The van der Waals surface area contributed by atoms with Crippen LogP contribution in [-0.2, 0) is 9.47 Å².